The first-order chi connectivity index (χ1) is 9.83. The number of hydrogen-bond donors (Lipinski definition) is 0. The monoisotopic (exact) mass is 277 g/mol. The molecule has 1 aromatic heterocycles. The van der Waals surface area contributed by atoms with Gasteiger partial charge in [0.05, 0.1) is 6.54 Å². The lowest BCUT2D eigenvalue weighted by Gasteiger charge is -2.26. The highest BCUT2D eigenvalue weighted by Crippen LogP contribution is 2.22. The van der Waals surface area contributed by atoms with Gasteiger partial charge in [-0.2, -0.15) is 0 Å². The summed E-state index contributed by atoms with van der Waals surface area (Å²) in [5.74, 6) is 0.953. The van der Waals surface area contributed by atoms with Crippen molar-refractivity contribution in [3.05, 3.63) is 18.6 Å². The van der Waals surface area contributed by atoms with E-state index in [-0.39, 0.29) is 17.9 Å². The van der Waals surface area contributed by atoms with Crippen LogP contribution in [0.5, 0.6) is 5.88 Å². The summed E-state index contributed by atoms with van der Waals surface area (Å²) in [5, 5.41) is 0. The Kier molecular flexibility index (Phi) is 4.11. The minimum absolute atomic E-state index is 0.0358. The standard InChI is InChI=1S/C14H19N3O3/c18-14(11-3-7-19-8-4-11)17-6-2-12(9-17)20-13-1-5-15-10-16-13/h1,5,10-12H,2-4,6-9H2/t12-/m1/s1. The van der Waals surface area contributed by atoms with Crippen molar-refractivity contribution < 1.29 is 14.3 Å². The Labute approximate surface area is 118 Å². The minimum atomic E-state index is 0.0358. The molecule has 0 aromatic carbocycles. The summed E-state index contributed by atoms with van der Waals surface area (Å²) in [6, 6.07) is 1.74. The lowest BCUT2D eigenvalue weighted by molar-refractivity contribution is -0.137. The molecule has 2 saturated heterocycles. The van der Waals surface area contributed by atoms with Gasteiger partial charge in [-0.3, -0.25) is 4.79 Å². The van der Waals surface area contributed by atoms with E-state index in [4.69, 9.17) is 9.47 Å². The number of hydrogen-bond acceptors (Lipinski definition) is 5. The molecule has 0 unspecified atom stereocenters. The first-order valence-corrected chi connectivity index (χ1v) is 7.12. The molecule has 1 amide bonds. The van der Waals surface area contributed by atoms with Crippen molar-refractivity contribution in [2.75, 3.05) is 26.3 Å². The number of amides is 1. The van der Waals surface area contributed by atoms with Crippen LogP contribution in [0.2, 0.25) is 0 Å². The van der Waals surface area contributed by atoms with Crippen LogP contribution in [0.25, 0.3) is 0 Å². The Bertz CT molecular complexity index is 448. The molecular weight excluding hydrogens is 258 g/mol. The molecular formula is C14H19N3O3. The van der Waals surface area contributed by atoms with Gasteiger partial charge in [-0.05, 0) is 12.8 Å². The molecule has 0 bridgehead atoms. The van der Waals surface area contributed by atoms with Crippen molar-refractivity contribution in [3.63, 3.8) is 0 Å². The molecule has 0 N–H and O–H groups in total. The van der Waals surface area contributed by atoms with Gasteiger partial charge in [0, 0.05) is 44.4 Å². The van der Waals surface area contributed by atoms with Gasteiger partial charge in [0.15, 0.2) is 0 Å². The number of rotatable bonds is 3. The summed E-state index contributed by atoms with van der Waals surface area (Å²) in [4.78, 5) is 22.2. The largest absolute Gasteiger partial charge is 0.472 e. The van der Waals surface area contributed by atoms with Crippen LogP contribution in [-0.4, -0.2) is 53.2 Å². The van der Waals surface area contributed by atoms with Gasteiger partial charge in [0.25, 0.3) is 0 Å². The lowest BCUT2D eigenvalue weighted by Crippen LogP contribution is -2.38. The van der Waals surface area contributed by atoms with Crippen LogP contribution in [-0.2, 0) is 9.53 Å². The first-order valence-electron chi connectivity index (χ1n) is 7.12. The van der Waals surface area contributed by atoms with Gasteiger partial charge < -0.3 is 14.4 Å². The summed E-state index contributed by atoms with van der Waals surface area (Å²) in [6.45, 7) is 2.82. The van der Waals surface area contributed by atoms with E-state index in [2.05, 4.69) is 9.97 Å². The number of carbonyl (C=O) groups excluding carboxylic acids is 1. The molecule has 6 heteroatoms. The second kappa shape index (κ2) is 6.17. The van der Waals surface area contributed by atoms with Crippen molar-refractivity contribution in [3.8, 4) is 5.88 Å². The maximum absolute atomic E-state index is 12.4. The molecule has 2 aliphatic heterocycles. The number of nitrogens with zero attached hydrogens (tertiary/aromatic N) is 3. The van der Waals surface area contributed by atoms with Crippen LogP contribution in [0.15, 0.2) is 18.6 Å². The number of aromatic nitrogens is 2. The normalized spacial score (nSPS) is 23.8. The molecule has 20 heavy (non-hydrogen) atoms. The van der Waals surface area contributed by atoms with E-state index >= 15 is 0 Å². The Hall–Kier alpha value is -1.69. The van der Waals surface area contributed by atoms with Crippen molar-refractivity contribution in [2.24, 2.45) is 5.92 Å². The van der Waals surface area contributed by atoms with Crippen molar-refractivity contribution in [1.29, 1.82) is 0 Å². The van der Waals surface area contributed by atoms with E-state index in [1.165, 1.54) is 6.33 Å². The van der Waals surface area contributed by atoms with E-state index in [1.54, 1.807) is 12.3 Å². The second-order valence-electron chi connectivity index (χ2n) is 5.25. The van der Waals surface area contributed by atoms with Gasteiger partial charge in [-0.1, -0.05) is 0 Å². The van der Waals surface area contributed by atoms with E-state index in [9.17, 15) is 4.79 Å². The van der Waals surface area contributed by atoms with E-state index < -0.39 is 0 Å². The topological polar surface area (TPSA) is 64.5 Å². The summed E-state index contributed by atoms with van der Waals surface area (Å²) < 4.78 is 11.1. The Morgan fingerprint density at radius 2 is 2.20 bits per heavy atom. The fraction of sp³-hybridized carbons (Fsp3) is 0.643. The fourth-order valence-electron chi connectivity index (χ4n) is 2.75. The second-order valence-corrected chi connectivity index (χ2v) is 5.25. The highest BCUT2D eigenvalue weighted by Gasteiger charge is 2.32. The Morgan fingerprint density at radius 1 is 1.35 bits per heavy atom. The SMILES string of the molecule is O=C(C1CCOCC1)N1CC[C@@H](Oc2ccncn2)C1. The molecule has 0 spiro atoms. The molecule has 0 aliphatic carbocycles. The first kappa shape index (κ1) is 13.3. The lowest BCUT2D eigenvalue weighted by atomic mass is 9.99. The van der Waals surface area contributed by atoms with Crippen molar-refractivity contribution >= 4 is 5.91 Å². The summed E-state index contributed by atoms with van der Waals surface area (Å²) in [6.07, 6.45) is 5.70. The van der Waals surface area contributed by atoms with Crippen LogP contribution in [0.4, 0.5) is 0 Å². The van der Waals surface area contributed by atoms with E-state index in [0.29, 0.717) is 25.6 Å². The molecule has 3 rings (SSSR count). The van der Waals surface area contributed by atoms with Gasteiger partial charge in [0.1, 0.15) is 12.4 Å². The molecule has 2 aliphatic rings. The van der Waals surface area contributed by atoms with Gasteiger partial charge in [-0.15, -0.1) is 0 Å². The van der Waals surface area contributed by atoms with Gasteiger partial charge >= 0.3 is 0 Å². The Morgan fingerprint density at radius 3 is 2.95 bits per heavy atom. The molecule has 1 aromatic rings. The predicted molar refractivity (Wildman–Crippen MR) is 71.2 cm³/mol. The third-order valence-corrected chi connectivity index (χ3v) is 3.87. The highest BCUT2D eigenvalue weighted by molar-refractivity contribution is 5.79. The van der Waals surface area contributed by atoms with Crippen LogP contribution >= 0.6 is 0 Å². The van der Waals surface area contributed by atoms with Crippen molar-refractivity contribution in [2.45, 2.75) is 25.4 Å². The summed E-state index contributed by atoms with van der Waals surface area (Å²) in [7, 11) is 0. The average Bonchev–Trinajstić information content (AvgIpc) is 2.97. The van der Waals surface area contributed by atoms with Crippen LogP contribution in [0, 0.1) is 5.92 Å². The van der Waals surface area contributed by atoms with Crippen LogP contribution < -0.4 is 4.74 Å². The third kappa shape index (κ3) is 3.07. The smallest absolute Gasteiger partial charge is 0.225 e. The zero-order valence-corrected chi connectivity index (χ0v) is 11.4. The average molecular weight is 277 g/mol. The fourth-order valence-corrected chi connectivity index (χ4v) is 2.75. The number of carbonyl (C=O) groups is 1. The molecule has 108 valence electrons. The van der Waals surface area contributed by atoms with E-state index in [1.807, 2.05) is 4.90 Å². The van der Waals surface area contributed by atoms with Crippen LogP contribution in [0.3, 0.4) is 0 Å². The molecule has 2 fully saturated rings. The molecule has 1 atom stereocenters. The number of ether oxygens (including phenoxy) is 2. The van der Waals surface area contributed by atoms with Gasteiger partial charge in [-0.25, -0.2) is 9.97 Å². The molecule has 6 nitrogen and oxygen atoms in total. The number of likely N-dealkylation sites (tertiary alicyclic amines) is 1. The van der Waals surface area contributed by atoms with Crippen molar-refractivity contribution in [1.82, 2.24) is 14.9 Å². The van der Waals surface area contributed by atoms with E-state index in [0.717, 1.165) is 25.8 Å². The molecule has 0 saturated carbocycles. The maximum atomic E-state index is 12.4. The predicted octanol–water partition coefficient (Wildman–Crippen LogP) is 0.883. The summed E-state index contributed by atoms with van der Waals surface area (Å²) >= 11 is 0. The minimum Gasteiger partial charge on any atom is -0.472 e. The molecule has 3 heterocycles. The zero-order valence-electron chi connectivity index (χ0n) is 11.4. The Balaban J connectivity index is 1.52. The third-order valence-electron chi connectivity index (χ3n) is 3.87. The quantitative estimate of drug-likeness (QED) is 0.820. The zero-order chi connectivity index (χ0) is 13.8. The van der Waals surface area contributed by atoms with Crippen LogP contribution in [0.1, 0.15) is 19.3 Å². The maximum Gasteiger partial charge on any atom is 0.225 e. The summed E-state index contributed by atoms with van der Waals surface area (Å²) in [5.41, 5.74) is 0. The molecule has 0 radical (unpaired) electrons. The van der Waals surface area contributed by atoms with Gasteiger partial charge in [0.2, 0.25) is 11.8 Å². The highest BCUT2D eigenvalue weighted by atomic mass is 16.5.